The van der Waals surface area contributed by atoms with Gasteiger partial charge in [0.1, 0.15) is 23.4 Å². The molecule has 1 amide bonds. The number of nitrogens with two attached hydrogens (primary N) is 1. The number of rotatable bonds is 4. The Kier molecular flexibility index (Phi) is 4.63. The number of nitriles is 1. The zero-order valence-electron chi connectivity index (χ0n) is 13.9. The molecule has 0 aliphatic carbocycles. The molecule has 0 fully saturated rings. The number of pyridine rings is 1. The SMILES string of the molecule is Cc1cc(-c2cc(Oc3ccc(C#N)c(F)c3)ccn2)ccc1C(N)=O. The number of ether oxygens (including phenoxy) is 1. The number of carbonyl (C=O) groups is 1. The van der Waals surface area contributed by atoms with Gasteiger partial charge in [0.05, 0.1) is 11.3 Å². The lowest BCUT2D eigenvalue weighted by molar-refractivity contribution is 0.0999. The Labute approximate surface area is 149 Å². The Morgan fingerprint density at radius 2 is 1.92 bits per heavy atom. The molecule has 128 valence electrons. The normalized spacial score (nSPS) is 10.2. The first-order valence-corrected chi connectivity index (χ1v) is 7.72. The lowest BCUT2D eigenvalue weighted by atomic mass is 10.0. The summed E-state index contributed by atoms with van der Waals surface area (Å²) in [5.41, 5.74) is 7.91. The lowest BCUT2D eigenvalue weighted by Crippen LogP contribution is -2.12. The Hall–Kier alpha value is -3.72. The molecule has 5 nitrogen and oxygen atoms in total. The van der Waals surface area contributed by atoms with Gasteiger partial charge in [0.15, 0.2) is 0 Å². The third-order valence-electron chi connectivity index (χ3n) is 3.82. The molecule has 0 aliphatic heterocycles. The first-order chi connectivity index (χ1) is 12.5. The van der Waals surface area contributed by atoms with Crippen molar-refractivity contribution in [1.29, 1.82) is 5.26 Å². The molecule has 0 radical (unpaired) electrons. The van der Waals surface area contributed by atoms with E-state index in [2.05, 4.69) is 4.98 Å². The molecular weight excluding hydrogens is 333 g/mol. The molecule has 0 spiro atoms. The van der Waals surface area contributed by atoms with E-state index >= 15 is 0 Å². The maximum Gasteiger partial charge on any atom is 0.248 e. The van der Waals surface area contributed by atoms with Crippen LogP contribution in [0.1, 0.15) is 21.5 Å². The Morgan fingerprint density at radius 1 is 1.15 bits per heavy atom. The van der Waals surface area contributed by atoms with Crippen LogP contribution in [0.25, 0.3) is 11.3 Å². The number of carbonyl (C=O) groups excluding carboxylic acids is 1. The number of primary amides is 1. The van der Waals surface area contributed by atoms with Gasteiger partial charge in [-0.15, -0.1) is 0 Å². The van der Waals surface area contributed by atoms with E-state index in [4.69, 9.17) is 15.7 Å². The van der Waals surface area contributed by atoms with Crippen LogP contribution in [0.4, 0.5) is 4.39 Å². The number of nitrogens with zero attached hydrogens (tertiary/aromatic N) is 2. The van der Waals surface area contributed by atoms with Gasteiger partial charge in [-0.1, -0.05) is 6.07 Å². The number of aromatic nitrogens is 1. The Balaban J connectivity index is 1.89. The summed E-state index contributed by atoms with van der Waals surface area (Å²) in [5.74, 6) is -0.381. The molecule has 3 rings (SSSR count). The highest BCUT2D eigenvalue weighted by Gasteiger charge is 2.09. The third kappa shape index (κ3) is 3.52. The minimum atomic E-state index is -0.642. The Bertz CT molecular complexity index is 1040. The van der Waals surface area contributed by atoms with Crippen LogP contribution in [0.5, 0.6) is 11.5 Å². The van der Waals surface area contributed by atoms with Crippen LogP contribution in [-0.4, -0.2) is 10.9 Å². The van der Waals surface area contributed by atoms with E-state index in [0.29, 0.717) is 17.0 Å². The molecule has 1 heterocycles. The smallest absolute Gasteiger partial charge is 0.248 e. The largest absolute Gasteiger partial charge is 0.457 e. The summed E-state index contributed by atoms with van der Waals surface area (Å²) < 4.78 is 19.3. The van der Waals surface area contributed by atoms with Crippen LogP contribution < -0.4 is 10.5 Å². The molecule has 0 bridgehead atoms. The molecule has 0 unspecified atom stereocenters. The van der Waals surface area contributed by atoms with Crippen molar-refractivity contribution in [1.82, 2.24) is 4.98 Å². The standard InChI is InChI=1S/C20H14FN3O2/c1-12-8-13(3-5-17(12)20(23)25)19-10-16(6-7-24-19)26-15-4-2-14(11-22)18(21)9-15/h2-10H,1H3,(H2,23,25). The number of aryl methyl sites for hydroxylation is 1. The Morgan fingerprint density at radius 3 is 2.58 bits per heavy atom. The fourth-order valence-corrected chi connectivity index (χ4v) is 2.52. The number of halogens is 1. The second-order valence-corrected chi connectivity index (χ2v) is 5.63. The average molecular weight is 347 g/mol. The minimum absolute atomic E-state index is 0.0437. The van der Waals surface area contributed by atoms with Crippen LogP contribution in [0, 0.1) is 24.1 Å². The van der Waals surface area contributed by atoms with Crippen molar-refractivity contribution in [2.24, 2.45) is 5.73 Å². The van der Waals surface area contributed by atoms with Gasteiger partial charge in [-0.05, 0) is 42.8 Å². The maximum absolute atomic E-state index is 13.7. The zero-order valence-corrected chi connectivity index (χ0v) is 13.9. The summed E-state index contributed by atoms with van der Waals surface area (Å²) >= 11 is 0. The van der Waals surface area contributed by atoms with Crippen molar-refractivity contribution in [2.45, 2.75) is 6.92 Å². The van der Waals surface area contributed by atoms with E-state index in [-0.39, 0.29) is 11.3 Å². The van der Waals surface area contributed by atoms with Crippen molar-refractivity contribution in [3.63, 3.8) is 0 Å². The van der Waals surface area contributed by atoms with Crippen molar-refractivity contribution in [3.05, 3.63) is 77.2 Å². The first kappa shape index (κ1) is 17.1. The molecule has 0 saturated carbocycles. The molecule has 1 aromatic heterocycles. The van der Waals surface area contributed by atoms with Crippen LogP contribution in [0.15, 0.2) is 54.7 Å². The molecule has 2 aromatic carbocycles. The third-order valence-corrected chi connectivity index (χ3v) is 3.82. The van der Waals surface area contributed by atoms with Gasteiger partial charge in [0.25, 0.3) is 0 Å². The second kappa shape index (κ2) is 7.03. The summed E-state index contributed by atoms with van der Waals surface area (Å²) in [6.07, 6.45) is 1.57. The van der Waals surface area contributed by atoms with E-state index in [1.165, 1.54) is 12.1 Å². The van der Waals surface area contributed by atoms with E-state index < -0.39 is 11.7 Å². The molecule has 6 heteroatoms. The summed E-state index contributed by atoms with van der Waals surface area (Å²) in [4.78, 5) is 15.6. The van der Waals surface area contributed by atoms with Crippen molar-refractivity contribution in [2.75, 3.05) is 0 Å². The molecule has 0 atom stereocenters. The van der Waals surface area contributed by atoms with Crippen LogP contribution >= 0.6 is 0 Å². The van der Waals surface area contributed by atoms with Crippen LogP contribution in [-0.2, 0) is 0 Å². The summed E-state index contributed by atoms with van der Waals surface area (Å²) in [7, 11) is 0. The first-order valence-electron chi connectivity index (χ1n) is 7.72. The van der Waals surface area contributed by atoms with Crippen LogP contribution in [0.2, 0.25) is 0 Å². The summed E-state index contributed by atoms with van der Waals surface area (Å²) in [6, 6.07) is 14.4. The highest BCUT2D eigenvalue weighted by molar-refractivity contribution is 5.94. The van der Waals surface area contributed by atoms with Gasteiger partial charge in [0.2, 0.25) is 5.91 Å². The lowest BCUT2D eigenvalue weighted by Gasteiger charge is -2.09. The van der Waals surface area contributed by atoms with Crippen molar-refractivity contribution < 1.29 is 13.9 Å². The molecule has 26 heavy (non-hydrogen) atoms. The zero-order chi connectivity index (χ0) is 18.7. The van der Waals surface area contributed by atoms with Gasteiger partial charge in [-0.3, -0.25) is 9.78 Å². The molecule has 2 N–H and O–H groups in total. The second-order valence-electron chi connectivity index (χ2n) is 5.63. The van der Waals surface area contributed by atoms with Gasteiger partial charge < -0.3 is 10.5 Å². The van der Waals surface area contributed by atoms with Crippen molar-refractivity contribution in [3.8, 4) is 28.8 Å². The fourth-order valence-electron chi connectivity index (χ4n) is 2.52. The minimum Gasteiger partial charge on any atom is -0.457 e. The highest BCUT2D eigenvalue weighted by Crippen LogP contribution is 2.27. The van der Waals surface area contributed by atoms with E-state index in [9.17, 15) is 9.18 Å². The quantitative estimate of drug-likeness (QED) is 0.773. The number of benzene rings is 2. The maximum atomic E-state index is 13.7. The van der Waals surface area contributed by atoms with E-state index in [0.717, 1.165) is 17.2 Å². The monoisotopic (exact) mass is 347 g/mol. The van der Waals surface area contributed by atoms with E-state index in [1.807, 2.05) is 6.07 Å². The number of hydrogen-bond donors (Lipinski definition) is 1. The topological polar surface area (TPSA) is 89.0 Å². The molecule has 0 aliphatic rings. The van der Waals surface area contributed by atoms with Crippen LogP contribution in [0.3, 0.4) is 0 Å². The molecular formula is C20H14FN3O2. The van der Waals surface area contributed by atoms with Gasteiger partial charge in [0, 0.05) is 29.5 Å². The average Bonchev–Trinajstić information content (AvgIpc) is 2.62. The van der Waals surface area contributed by atoms with Gasteiger partial charge in [-0.25, -0.2) is 4.39 Å². The highest BCUT2D eigenvalue weighted by atomic mass is 19.1. The summed E-state index contributed by atoms with van der Waals surface area (Å²) in [6.45, 7) is 1.80. The predicted molar refractivity (Wildman–Crippen MR) is 94.1 cm³/mol. The number of amides is 1. The molecule has 0 saturated heterocycles. The van der Waals surface area contributed by atoms with Gasteiger partial charge >= 0.3 is 0 Å². The van der Waals surface area contributed by atoms with Crippen molar-refractivity contribution >= 4 is 5.91 Å². The molecule has 3 aromatic rings. The van der Waals surface area contributed by atoms with Gasteiger partial charge in [-0.2, -0.15) is 5.26 Å². The van der Waals surface area contributed by atoms with E-state index in [1.54, 1.807) is 43.5 Å². The predicted octanol–water partition coefficient (Wildman–Crippen LogP) is 3.96. The fraction of sp³-hybridized carbons (Fsp3) is 0.0500. The number of hydrogen-bond acceptors (Lipinski definition) is 4. The summed E-state index contributed by atoms with van der Waals surface area (Å²) in [5, 5.41) is 8.77.